The summed E-state index contributed by atoms with van der Waals surface area (Å²) in [7, 11) is 0. The molecular weight excluding hydrogens is 375 g/mol. The van der Waals surface area contributed by atoms with E-state index in [1.165, 1.54) is 6.33 Å². The van der Waals surface area contributed by atoms with E-state index in [0.717, 1.165) is 25.2 Å². The molecule has 3 rings (SSSR count). The number of piperidine rings is 1. The summed E-state index contributed by atoms with van der Waals surface area (Å²) in [6.07, 6.45) is 3.34. The van der Waals surface area contributed by atoms with Crippen LogP contribution in [0.3, 0.4) is 0 Å². The van der Waals surface area contributed by atoms with Gasteiger partial charge >= 0.3 is 0 Å². The molecule has 9 heteroatoms. The van der Waals surface area contributed by atoms with Crippen molar-refractivity contribution in [2.45, 2.75) is 18.9 Å². The Hall–Kier alpha value is -2.25. The van der Waals surface area contributed by atoms with E-state index >= 15 is 0 Å². The smallest absolute Gasteiger partial charge is 0.239 e. The third-order valence-corrected chi connectivity index (χ3v) is 4.54. The summed E-state index contributed by atoms with van der Waals surface area (Å²) >= 11 is 11.9. The van der Waals surface area contributed by atoms with Crippen LogP contribution in [0.4, 0.5) is 17.3 Å². The molecule has 1 fully saturated rings. The Balaban J connectivity index is 1.52. The number of carbonyl (C=O) groups excluding carboxylic acids is 1. The van der Waals surface area contributed by atoms with Crippen molar-refractivity contribution in [1.29, 1.82) is 0 Å². The van der Waals surface area contributed by atoms with Gasteiger partial charge in [-0.3, -0.25) is 4.79 Å². The molecule has 1 aromatic carbocycles. The zero-order valence-electron chi connectivity index (χ0n) is 14.1. The van der Waals surface area contributed by atoms with E-state index in [1.807, 2.05) is 0 Å². The fraction of sp³-hybridized carbons (Fsp3) is 0.353. The topological polar surface area (TPSA) is 96.2 Å². The van der Waals surface area contributed by atoms with Gasteiger partial charge in [-0.05, 0) is 31.0 Å². The maximum Gasteiger partial charge on any atom is 0.239 e. The van der Waals surface area contributed by atoms with Gasteiger partial charge in [0.25, 0.3) is 0 Å². The molecule has 1 saturated heterocycles. The van der Waals surface area contributed by atoms with E-state index in [4.69, 9.17) is 28.9 Å². The number of benzene rings is 1. The number of amides is 1. The Morgan fingerprint density at radius 3 is 2.73 bits per heavy atom. The fourth-order valence-electron chi connectivity index (χ4n) is 2.95. The second kappa shape index (κ2) is 8.42. The number of rotatable bonds is 5. The van der Waals surface area contributed by atoms with Gasteiger partial charge in [-0.1, -0.05) is 23.2 Å². The average molecular weight is 395 g/mol. The molecule has 2 aromatic rings. The molecule has 0 aliphatic carbocycles. The number of hydrogen-bond acceptors (Lipinski definition) is 6. The van der Waals surface area contributed by atoms with Crippen LogP contribution in [0, 0.1) is 0 Å². The molecule has 1 amide bonds. The van der Waals surface area contributed by atoms with Crippen LogP contribution in [0.25, 0.3) is 0 Å². The van der Waals surface area contributed by atoms with Gasteiger partial charge < -0.3 is 21.3 Å². The number of carbonyl (C=O) groups is 1. The Morgan fingerprint density at radius 2 is 2.00 bits per heavy atom. The Bertz CT molecular complexity index is 767. The van der Waals surface area contributed by atoms with Crippen molar-refractivity contribution < 1.29 is 4.79 Å². The van der Waals surface area contributed by atoms with E-state index in [2.05, 4.69) is 25.5 Å². The number of hydrogen-bond donors (Lipinski definition) is 3. The normalized spacial score (nSPS) is 17.0. The van der Waals surface area contributed by atoms with Crippen molar-refractivity contribution in [3.05, 3.63) is 40.6 Å². The lowest BCUT2D eigenvalue weighted by molar-refractivity contribution is -0.120. The van der Waals surface area contributed by atoms with Gasteiger partial charge in [0, 0.05) is 40.9 Å². The van der Waals surface area contributed by atoms with E-state index in [-0.39, 0.29) is 18.5 Å². The first-order valence-electron chi connectivity index (χ1n) is 8.31. The van der Waals surface area contributed by atoms with Crippen LogP contribution >= 0.6 is 23.2 Å². The number of nitrogens with one attached hydrogen (secondary N) is 2. The molecule has 1 aliphatic heterocycles. The van der Waals surface area contributed by atoms with Crippen molar-refractivity contribution in [2.24, 2.45) is 0 Å². The minimum atomic E-state index is -0.0878. The molecule has 0 saturated carbocycles. The maximum atomic E-state index is 12.2. The number of nitrogen functional groups attached to an aromatic ring is 1. The Morgan fingerprint density at radius 1 is 1.23 bits per heavy atom. The largest absolute Gasteiger partial charge is 0.384 e. The highest BCUT2D eigenvalue weighted by Gasteiger charge is 2.22. The molecule has 26 heavy (non-hydrogen) atoms. The first-order chi connectivity index (χ1) is 12.5. The van der Waals surface area contributed by atoms with E-state index in [9.17, 15) is 4.79 Å². The van der Waals surface area contributed by atoms with Gasteiger partial charge in [0.2, 0.25) is 5.91 Å². The van der Waals surface area contributed by atoms with Crippen molar-refractivity contribution in [3.63, 3.8) is 0 Å². The molecule has 1 aromatic heterocycles. The van der Waals surface area contributed by atoms with Crippen LogP contribution in [0.5, 0.6) is 0 Å². The summed E-state index contributed by atoms with van der Waals surface area (Å²) in [5.41, 5.74) is 6.43. The van der Waals surface area contributed by atoms with Crippen LogP contribution in [-0.4, -0.2) is 41.6 Å². The van der Waals surface area contributed by atoms with Gasteiger partial charge in [-0.2, -0.15) is 0 Å². The van der Waals surface area contributed by atoms with Gasteiger partial charge in [-0.15, -0.1) is 0 Å². The Labute approximate surface area is 161 Å². The second-order valence-electron chi connectivity index (χ2n) is 6.17. The van der Waals surface area contributed by atoms with E-state index in [1.54, 1.807) is 24.3 Å². The van der Waals surface area contributed by atoms with Gasteiger partial charge in [-0.25, -0.2) is 9.97 Å². The monoisotopic (exact) mass is 394 g/mol. The first-order valence-corrected chi connectivity index (χ1v) is 9.07. The minimum Gasteiger partial charge on any atom is -0.384 e. The lowest BCUT2D eigenvalue weighted by Crippen LogP contribution is -2.49. The number of aromatic nitrogens is 2. The van der Waals surface area contributed by atoms with Crippen LogP contribution in [0.1, 0.15) is 12.8 Å². The summed E-state index contributed by atoms with van der Waals surface area (Å²) < 4.78 is 0. The molecule has 1 unspecified atom stereocenters. The number of nitrogens with zero attached hydrogens (tertiary/aromatic N) is 3. The van der Waals surface area contributed by atoms with Crippen LogP contribution in [0.15, 0.2) is 30.6 Å². The molecule has 2 heterocycles. The minimum absolute atomic E-state index is 0.0530. The molecule has 0 bridgehead atoms. The summed E-state index contributed by atoms with van der Waals surface area (Å²) in [5, 5.41) is 7.12. The molecule has 7 nitrogen and oxygen atoms in total. The molecule has 4 N–H and O–H groups in total. The van der Waals surface area contributed by atoms with Gasteiger partial charge in [0.1, 0.15) is 18.0 Å². The molecule has 1 atom stereocenters. The summed E-state index contributed by atoms with van der Waals surface area (Å²) in [4.78, 5) is 22.5. The average Bonchev–Trinajstić information content (AvgIpc) is 2.59. The highest BCUT2D eigenvalue weighted by atomic mass is 35.5. The zero-order chi connectivity index (χ0) is 18.5. The number of halogens is 2. The number of nitrogens with two attached hydrogens (primary N) is 1. The van der Waals surface area contributed by atoms with Gasteiger partial charge in [0.15, 0.2) is 0 Å². The molecule has 138 valence electrons. The van der Waals surface area contributed by atoms with Crippen LogP contribution in [0.2, 0.25) is 10.0 Å². The molecule has 1 aliphatic rings. The first kappa shape index (κ1) is 18.5. The third kappa shape index (κ3) is 5.12. The van der Waals surface area contributed by atoms with Crippen molar-refractivity contribution in [1.82, 2.24) is 15.3 Å². The van der Waals surface area contributed by atoms with Crippen LogP contribution < -0.4 is 21.3 Å². The fourth-order valence-corrected chi connectivity index (χ4v) is 3.48. The van der Waals surface area contributed by atoms with E-state index < -0.39 is 0 Å². The highest BCUT2D eigenvalue weighted by molar-refractivity contribution is 6.35. The van der Waals surface area contributed by atoms with E-state index in [0.29, 0.717) is 28.1 Å². The lowest BCUT2D eigenvalue weighted by atomic mass is 10.1. The SMILES string of the molecule is Nc1cc(N2CCCC(NC(=O)CNc3cc(Cl)cc(Cl)c3)C2)ncn1. The van der Waals surface area contributed by atoms with Crippen molar-refractivity contribution in [3.8, 4) is 0 Å². The predicted octanol–water partition coefficient (Wildman–Crippen LogP) is 2.56. The molecule has 0 radical (unpaired) electrons. The molecule has 0 spiro atoms. The van der Waals surface area contributed by atoms with Gasteiger partial charge in [0.05, 0.1) is 6.54 Å². The lowest BCUT2D eigenvalue weighted by Gasteiger charge is -2.34. The third-order valence-electron chi connectivity index (χ3n) is 4.10. The van der Waals surface area contributed by atoms with Crippen molar-refractivity contribution >= 4 is 46.4 Å². The van der Waals surface area contributed by atoms with Crippen LogP contribution in [-0.2, 0) is 4.79 Å². The standard InChI is InChI=1S/C17H20Cl2N6O/c18-11-4-12(19)6-14(5-11)21-8-17(26)24-13-2-1-3-25(9-13)16-7-15(20)22-10-23-16/h4-7,10,13,21H,1-3,8-9H2,(H,24,26)(H2,20,22,23). The zero-order valence-corrected chi connectivity index (χ0v) is 15.6. The maximum absolute atomic E-state index is 12.2. The summed E-state index contributed by atoms with van der Waals surface area (Å²) in [6.45, 7) is 1.71. The highest BCUT2D eigenvalue weighted by Crippen LogP contribution is 2.22. The summed E-state index contributed by atoms with van der Waals surface area (Å²) in [5.74, 6) is 1.13. The summed E-state index contributed by atoms with van der Waals surface area (Å²) in [6, 6.07) is 6.89. The van der Waals surface area contributed by atoms with Crippen molar-refractivity contribution in [2.75, 3.05) is 35.6 Å². The molecular formula is C17H20Cl2N6O. The Kier molecular flexibility index (Phi) is 6.00. The predicted molar refractivity (Wildman–Crippen MR) is 105 cm³/mol. The second-order valence-corrected chi connectivity index (χ2v) is 7.04. The number of anilines is 3. The quantitative estimate of drug-likeness (QED) is 0.720.